The Kier molecular flexibility index (Phi) is 3.46. The first-order valence-electron chi connectivity index (χ1n) is 6.22. The number of hydrogen-bond donors (Lipinski definition) is 1. The van der Waals surface area contributed by atoms with Crippen LogP contribution in [0.2, 0.25) is 0 Å². The third-order valence-electron chi connectivity index (χ3n) is 3.01. The van der Waals surface area contributed by atoms with Crippen molar-refractivity contribution in [3.05, 3.63) is 65.7 Å². The number of anilines is 1. The summed E-state index contributed by atoms with van der Waals surface area (Å²) in [5.74, 6) is -5.08. The third-order valence-corrected chi connectivity index (χ3v) is 3.01. The molecule has 3 aromatic rings. The molecule has 0 aliphatic carbocycles. The Labute approximate surface area is 122 Å². The smallest absolute Gasteiger partial charge is 0.255 e. The first-order chi connectivity index (χ1) is 10.6. The van der Waals surface area contributed by atoms with Crippen molar-refractivity contribution < 1.29 is 18.0 Å². The van der Waals surface area contributed by atoms with E-state index in [4.69, 9.17) is 0 Å². The van der Waals surface area contributed by atoms with Gasteiger partial charge in [0, 0.05) is 18.0 Å². The highest BCUT2D eigenvalue weighted by atomic mass is 19.2. The largest absolute Gasteiger partial charge is 0.319 e. The van der Waals surface area contributed by atoms with Crippen LogP contribution in [0.4, 0.5) is 18.9 Å². The molecule has 110 valence electrons. The summed E-state index contributed by atoms with van der Waals surface area (Å²) in [5, 5.41) is 2.19. The molecule has 7 heteroatoms. The zero-order chi connectivity index (χ0) is 15.7. The minimum absolute atomic E-state index is 0.192. The molecule has 0 spiro atoms. The van der Waals surface area contributed by atoms with Gasteiger partial charge in [0.25, 0.3) is 5.91 Å². The van der Waals surface area contributed by atoms with Crippen LogP contribution in [0.5, 0.6) is 0 Å². The minimum atomic E-state index is -1.64. The highest BCUT2D eigenvalue weighted by Crippen LogP contribution is 2.20. The normalized spacial score (nSPS) is 10.7. The lowest BCUT2D eigenvalue weighted by molar-refractivity contribution is 0.102. The van der Waals surface area contributed by atoms with Crippen LogP contribution in [0.25, 0.3) is 11.0 Å². The van der Waals surface area contributed by atoms with Crippen molar-refractivity contribution in [2.75, 3.05) is 5.32 Å². The van der Waals surface area contributed by atoms with E-state index in [-0.39, 0.29) is 5.56 Å². The van der Waals surface area contributed by atoms with Crippen LogP contribution in [0.15, 0.2) is 42.7 Å². The van der Waals surface area contributed by atoms with Gasteiger partial charge in [0.05, 0.1) is 16.7 Å². The topological polar surface area (TPSA) is 54.9 Å². The summed E-state index contributed by atoms with van der Waals surface area (Å²) >= 11 is 0. The van der Waals surface area contributed by atoms with Gasteiger partial charge in [-0.2, -0.15) is 0 Å². The summed E-state index contributed by atoms with van der Waals surface area (Å²) in [6.07, 6.45) is 2.98. The molecule has 1 amide bonds. The van der Waals surface area contributed by atoms with Gasteiger partial charge >= 0.3 is 0 Å². The van der Waals surface area contributed by atoms with E-state index in [1.54, 1.807) is 6.07 Å². The van der Waals surface area contributed by atoms with E-state index in [1.807, 2.05) is 0 Å². The Bertz CT molecular complexity index is 883. The van der Waals surface area contributed by atoms with Gasteiger partial charge in [-0.15, -0.1) is 0 Å². The molecular formula is C15H8F3N3O. The van der Waals surface area contributed by atoms with Crippen LogP contribution in [0.1, 0.15) is 10.4 Å². The third kappa shape index (κ3) is 2.48. The van der Waals surface area contributed by atoms with Gasteiger partial charge in [0.15, 0.2) is 17.5 Å². The van der Waals surface area contributed by atoms with Gasteiger partial charge in [-0.3, -0.25) is 14.8 Å². The van der Waals surface area contributed by atoms with Crippen LogP contribution in [0.3, 0.4) is 0 Å². The van der Waals surface area contributed by atoms with Gasteiger partial charge in [-0.1, -0.05) is 0 Å². The molecule has 0 saturated carbocycles. The second-order valence-corrected chi connectivity index (χ2v) is 4.44. The van der Waals surface area contributed by atoms with E-state index >= 15 is 0 Å². The summed E-state index contributed by atoms with van der Waals surface area (Å²) in [4.78, 5) is 20.2. The number of amides is 1. The number of halogens is 3. The number of nitrogens with zero attached hydrogens (tertiary/aromatic N) is 2. The first kappa shape index (κ1) is 14.0. The lowest BCUT2D eigenvalue weighted by Crippen LogP contribution is -2.14. The second-order valence-electron chi connectivity index (χ2n) is 4.44. The van der Waals surface area contributed by atoms with Gasteiger partial charge in [0.1, 0.15) is 0 Å². The maximum absolute atomic E-state index is 13.5. The predicted molar refractivity (Wildman–Crippen MR) is 73.8 cm³/mol. The molecule has 1 N–H and O–H groups in total. The van der Waals surface area contributed by atoms with E-state index in [0.29, 0.717) is 11.0 Å². The molecule has 0 aliphatic heterocycles. The summed E-state index contributed by atoms with van der Waals surface area (Å²) in [6.45, 7) is 0. The molecule has 0 bridgehead atoms. The maximum atomic E-state index is 13.5. The van der Waals surface area contributed by atoms with Crippen molar-refractivity contribution in [3.63, 3.8) is 0 Å². The van der Waals surface area contributed by atoms with Gasteiger partial charge in [-0.25, -0.2) is 13.2 Å². The Balaban J connectivity index is 1.92. The number of aromatic nitrogens is 2. The van der Waals surface area contributed by atoms with Crippen molar-refractivity contribution in [1.82, 2.24) is 9.97 Å². The Morgan fingerprint density at radius 2 is 1.64 bits per heavy atom. The van der Waals surface area contributed by atoms with E-state index in [2.05, 4.69) is 15.3 Å². The predicted octanol–water partition coefficient (Wildman–Crippen LogP) is 3.30. The fraction of sp³-hybridized carbons (Fsp3) is 0. The number of fused-ring (bicyclic) bond motifs is 1. The summed E-state index contributed by atoms with van der Waals surface area (Å²) in [5.41, 5.74) is 0.833. The minimum Gasteiger partial charge on any atom is -0.319 e. The molecular weight excluding hydrogens is 295 g/mol. The van der Waals surface area contributed by atoms with E-state index in [9.17, 15) is 18.0 Å². The highest BCUT2D eigenvalue weighted by molar-refractivity contribution is 6.05. The van der Waals surface area contributed by atoms with Crippen molar-refractivity contribution in [2.45, 2.75) is 0 Å². The van der Waals surface area contributed by atoms with E-state index in [0.717, 1.165) is 12.1 Å². The van der Waals surface area contributed by atoms with Crippen LogP contribution >= 0.6 is 0 Å². The SMILES string of the molecule is O=C(Nc1ccc(F)c(F)c1F)c1ccc2nccnc2c1. The number of carbonyl (C=O) groups is 1. The molecule has 22 heavy (non-hydrogen) atoms. The molecule has 0 unspecified atom stereocenters. The van der Waals surface area contributed by atoms with Crippen LogP contribution in [-0.2, 0) is 0 Å². The van der Waals surface area contributed by atoms with Gasteiger partial charge in [0.2, 0.25) is 0 Å². The molecule has 3 rings (SSSR count). The zero-order valence-electron chi connectivity index (χ0n) is 11.0. The van der Waals surface area contributed by atoms with E-state index in [1.165, 1.54) is 24.5 Å². The quantitative estimate of drug-likeness (QED) is 0.739. The molecule has 2 aromatic carbocycles. The lowest BCUT2D eigenvalue weighted by atomic mass is 10.1. The Morgan fingerprint density at radius 3 is 2.41 bits per heavy atom. The molecule has 0 aliphatic rings. The van der Waals surface area contributed by atoms with E-state index < -0.39 is 29.0 Å². The number of hydrogen-bond acceptors (Lipinski definition) is 3. The van der Waals surface area contributed by atoms with Crippen molar-refractivity contribution >= 4 is 22.6 Å². The van der Waals surface area contributed by atoms with Crippen molar-refractivity contribution in [2.24, 2.45) is 0 Å². The average Bonchev–Trinajstić information content (AvgIpc) is 2.55. The molecule has 0 saturated heterocycles. The average molecular weight is 303 g/mol. The molecule has 0 fully saturated rings. The highest BCUT2D eigenvalue weighted by Gasteiger charge is 2.16. The van der Waals surface area contributed by atoms with Gasteiger partial charge in [-0.05, 0) is 30.3 Å². The molecule has 0 radical (unpaired) electrons. The lowest BCUT2D eigenvalue weighted by Gasteiger charge is -2.07. The number of nitrogens with one attached hydrogen (secondary N) is 1. The standard InChI is InChI=1S/C15H8F3N3O/c16-9-2-4-11(14(18)13(9)17)21-15(22)8-1-3-10-12(7-8)20-6-5-19-10/h1-7H,(H,21,22). The van der Waals surface area contributed by atoms with Crippen molar-refractivity contribution in [3.8, 4) is 0 Å². The second kappa shape index (κ2) is 5.44. The first-order valence-corrected chi connectivity index (χ1v) is 6.22. The molecule has 4 nitrogen and oxygen atoms in total. The van der Waals surface area contributed by atoms with Gasteiger partial charge < -0.3 is 5.32 Å². The number of benzene rings is 2. The van der Waals surface area contributed by atoms with Crippen molar-refractivity contribution in [1.29, 1.82) is 0 Å². The number of rotatable bonds is 2. The Morgan fingerprint density at radius 1 is 0.909 bits per heavy atom. The summed E-state index contributed by atoms with van der Waals surface area (Å²) in [7, 11) is 0. The molecule has 1 aromatic heterocycles. The zero-order valence-corrected chi connectivity index (χ0v) is 11.0. The fourth-order valence-corrected chi connectivity index (χ4v) is 1.92. The monoisotopic (exact) mass is 303 g/mol. The summed E-state index contributed by atoms with van der Waals surface area (Å²) in [6, 6.07) is 6.21. The molecule has 1 heterocycles. The summed E-state index contributed by atoms with van der Waals surface area (Å²) < 4.78 is 39.5. The fourth-order valence-electron chi connectivity index (χ4n) is 1.92. The molecule has 0 atom stereocenters. The number of carbonyl (C=O) groups excluding carboxylic acids is 1. The van der Waals surface area contributed by atoms with Crippen LogP contribution in [-0.4, -0.2) is 15.9 Å². The Hall–Kier alpha value is -2.96. The van der Waals surface area contributed by atoms with Crippen LogP contribution < -0.4 is 5.32 Å². The van der Waals surface area contributed by atoms with Crippen LogP contribution in [0, 0.1) is 17.5 Å². The maximum Gasteiger partial charge on any atom is 0.255 e.